The van der Waals surface area contributed by atoms with Gasteiger partial charge in [-0.1, -0.05) is 70.3 Å². The Hall–Kier alpha value is -3.17. The molecule has 1 amide bonds. The third-order valence-electron chi connectivity index (χ3n) is 10.9. The first-order valence-electron chi connectivity index (χ1n) is 14.2. The summed E-state index contributed by atoms with van der Waals surface area (Å²) in [6.45, 7) is 13.4. The molecule has 0 saturated carbocycles. The molecule has 1 saturated heterocycles. The second-order valence-electron chi connectivity index (χ2n) is 13.7. The van der Waals surface area contributed by atoms with Crippen molar-refractivity contribution in [3.8, 4) is 0 Å². The summed E-state index contributed by atoms with van der Waals surface area (Å²) in [5.74, 6) is 0.122. The van der Waals surface area contributed by atoms with E-state index < -0.39 is 32.4 Å². The van der Waals surface area contributed by atoms with E-state index in [9.17, 15) is 15.0 Å². The first kappa shape index (κ1) is 24.6. The van der Waals surface area contributed by atoms with Gasteiger partial charge in [0.05, 0.1) is 34.2 Å². The normalized spacial score (nSPS) is 26.2. The molecule has 3 aromatic carbocycles. The maximum atomic E-state index is 14.7. The highest BCUT2D eigenvalue weighted by Crippen LogP contribution is 2.58. The lowest BCUT2D eigenvalue weighted by Crippen LogP contribution is -2.54. The van der Waals surface area contributed by atoms with Gasteiger partial charge in [-0.05, 0) is 29.7 Å². The minimum atomic E-state index is -2.21. The highest BCUT2D eigenvalue weighted by molar-refractivity contribution is 6.80. The maximum Gasteiger partial charge on any atom is 0.247 e. The number of para-hydroxylation sites is 2. The van der Waals surface area contributed by atoms with Crippen molar-refractivity contribution in [1.82, 2.24) is 13.7 Å². The minimum Gasteiger partial charge on any atom is -0.393 e. The molecule has 0 spiro atoms. The van der Waals surface area contributed by atoms with Gasteiger partial charge in [0.15, 0.2) is 14.0 Å². The van der Waals surface area contributed by atoms with Crippen molar-refractivity contribution >= 4 is 57.8 Å². The van der Waals surface area contributed by atoms with Crippen LogP contribution in [0.4, 0.5) is 0 Å². The number of carbonyl (C=O) groups is 1. The van der Waals surface area contributed by atoms with Gasteiger partial charge in [-0.25, -0.2) is 0 Å². The number of hydrogen-bond donors (Lipinski definition) is 2. The van der Waals surface area contributed by atoms with Crippen LogP contribution in [-0.4, -0.2) is 50.3 Å². The van der Waals surface area contributed by atoms with Crippen molar-refractivity contribution < 1.29 is 19.7 Å². The lowest BCUT2D eigenvalue weighted by atomic mass is 9.89. The molecule has 40 heavy (non-hydrogen) atoms. The van der Waals surface area contributed by atoms with E-state index in [0.29, 0.717) is 6.54 Å². The van der Waals surface area contributed by atoms with Crippen molar-refractivity contribution in [3.63, 3.8) is 0 Å². The van der Waals surface area contributed by atoms with Crippen LogP contribution in [0.25, 0.3) is 43.6 Å². The molecule has 0 unspecified atom stereocenters. The molecule has 3 aliphatic rings. The molecule has 1 fully saturated rings. The van der Waals surface area contributed by atoms with Gasteiger partial charge in [-0.3, -0.25) is 4.79 Å². The molecular weight excluding hydrogens is 518 g/mol. The molecule has 5 heterocycles. The van der Waals surface area contributed by atoms with Crippen molar-refractivity contribution in [2.24, 2.45) is 0 Å². The second kappa shape index (κ2) is 7.17. The number of amides is 1. The molecule has 8 heteroatoms. The van der Waals surface area contributed by atoms with E-state index in [1.807, 2.05) is 31.2 Å². The number of nitrogens with zero attached hydrogens (tertiary/aromatic N) is 3. The van der Waals surface area contributed by atoms with Crippen LogP contribution < -0.4 is 0 Å². The molecule has 206 valence electrons. The summed E-state index contributed by atoms with van der Waals surface area (Å²) in [7, 11) is -2.21. The SMILES string of the molecule is CC(C)(C)[Si](C)(C)N1Cc2c(c3c4ccccc4n4c3c3c2c2ccccc2n3[C@@]2(C)O[C@@H]4C[C@@]2(O)CO)C1=O. The number of rotatable bonds is 2. The Morgan fingerprint density at radius 3 is 2.27 bits per heavy atom. The fourth-order valence-electron chi connectivity index (χ4n) is 7.66. The van der Waals surface area contributed by atoms with E-state index in [-0.39, 0.29) is 17.4 Å². The maximum absolute atomic E-state index is 14.7. The average molecular weight is 554 g/mol. The summed E-state index contributed by atoms with van der Waals surface area (Å²) in [4.78, 5) is 14.7. The lowest BCUT2D eigenvalue weighted by Gasteiger charge is -2.43. The van der Waals surface area contributed by atoms with Crippen LogP contribution in [0.3, 0.4) is 0 Å². The van der Waals surface area contributed by atoms with E-state index >= 15 is 0 Å². The van der Waals surface area contributed by atoms with Crippen LogP contribution >= 0.6 is 0 Å². The third kappa shape index (κ3) is 2.52. The summed E-state index contributed by atoms with van der Waals surface area (Å²) in [5.41, 5.74) is 3.01. The number of aromatic nitrogens is 2. The fourth-order valence-corrected chi connectivity index (χ4v) is 9.65. The van der Waals surface area contributed by atoms with Gasteiger partial charge in [0.1, 0.15) is 11.8 Å². The summed E-state index contributed by atoms with van der Waals surface area (Å²) < 4.78 is 13.3. The smallest absolute Gasteiger partial charge is 0.247 e. The molecule has 2 aromatic heterocycles. The zero-order valence-corrected chi connectivity index (χ0v) is 24.9. The van der Waals surface area contributed by atoms with E-state index in [4.69, 9.17) is 4.74 Å². The van der Waals surface area contributed by atoms with Crippen LogP contribution in [0.1, 0.15) is 56.3 Å². The van der Waals surface area contributed by atoms with E-state index in [1.165, 1.54) is 0 Å². The Morgan fingerprint density at radius 1 is 1.00 bits per heavy atom. The van der Waals surface area contributed by atoms with Crippen LogP contribution in [0.15, 0.2) is 48.5 Å². The van der Waals surface area contributed by atoms with Crippen molar-refractivity contribution in [2.75, 3.05) is 6.61 Å². The van der Waals surface area contributed by atoms with Gasteiger partial charge in [-0.2, -0.15) is 0 Å². The molecule has 2 bridgehead atoms. The van der Waals surface area contributed by atoms with Gasteiger partial charge < -0.3 is 28.6 Å². The Labute approximate surface area is 233 Å². The standard InChI is InChI=1S/C32H35N3O4Si/c1-30(2,3)40(5,6)33-16-20-24-19-12-8-10-14-22(19)35-28(24)27-25(26(20)29(33)37)18-11-7-9-13-21(18)34(27)23-15-32(38,17-36)31(35,4)39-23/h7-14,23,36,38H,15-17H2,1-6H3/t23-,31+,32-/m1/s1. The van der Waals surface area contributed by atoms with Gasteiger partial charge in [-0.15, -0.1) is 0 Å². The topological polar surface area (TPSA) is 79.9 Å². The second-order valence-corrected chi connectivity index (χ2v) is 18.8. The van der Waals surface area contributed by atoms with Crippen molar-refractivity contribution in [2.45, 2.75) is 76.3 Å². The Kier molecular flexibility index (Phi) is 4.41. The number of fused-ring (bicyclic) bond motifs is 13. The molecule has 3 aliphatic heterocycles. The first-order valence-corrected chi connectivity index (χ1v) is 17.1. The Morgan fingerprint density at radius 2 is 1.62 bits per heavy atom. The van der Waals surface area contributed by atoms with Crippen molar-refractivity contribution in [1.29, 1.82) is 0 Å². The number of benzene rings is 3. The largest absolute Gasteiger partial charge is 0.393 e. The first-order chi connectivity index (χ1) is 18.9. The lowest BCUT2D eigenvalue weighted by molar-refractivity contribution is -0.189. The number of aliphatic hydroxyl groups is 2. The Balaban J connectivity index is 1.64. The highest BCUT2D eigenvalue weighted by Gasteiger charge is 2.61. The summed E-state index contributed by atoms with van der Waals surface area (Å²) in [6, 6.07) is 16.4. The molecule has 7 nitrogen and oxygen atoms in total. The van der Waals surface area contributed by atoms with Gasteiger partial charge >= 0.3 is 0 Å². The number of ether oxygens (including phenoxy) is 1. The number of hydrogen-bond acceptors (Lipinski definition) is 4. The molecule has 2 N–H and O–H groups in total. The Bertz CT molecular complexity index is 1960. The van der Waals surface area contributed by atoms with Gasteiger partial charge in [0, 0.05) is 34.5 Å². The predicted octanol–water partition coefficient (Wildman–Crippen LogP) is 6.19. The average Bonchev–Trinajstić information content (AvgIpc) is 3.59. The third-order valence-corrected chi connectivity index (χ3v) is 16.2. The van der Waals surface area contributed by atoms with Gasteiger partial charge in [0.2, 0.25) is 5.91 Å². The van der Waals surface area contributed by atoms with E-state index in [1.54, 1.807) is 0 Å². The minimum absolute atomic E-state index is 0.00554. The zero-order valence-electron chi connectivity index (χ0n) is 23.9. The van der Waals surface area contributed by atoms with Crippen LogP contribution in [-0.2, 0) is 17.0 Å². The zero-order chi connectivity index (χ0) is 28.1. The monoisotopic (exact) mass is 553 g/mol. The summed E-state index contributed by atoms with van der Waals surface area (Å²) in [6.07, 6.45) is -0.264. The molecular formula is C32H35N3O4Si. The quantitative estimate of drug-likeness (QED) is 0.256. The predicted molar refractivity (Wildman–Crippen MR) is 160 cm³/mol. The van der Waals surface area contributed by atoms with Crippen LogP contribution in [0.5, 0.6) is 0 Å². The highest BCUT2D eigenvalue weighted by atomic mass is 28.3. The van der Waals surface area contributed by atoms with Gasteiger partial charge in [0.25, 0.3) is 0 Å². The molecule has 0 radical (unpaired) electrons. The summed E-state index contributed by atoms with van der Waals surface area (Å²) >= 11 is 0. The summed E-state index contributed by atoms with van der Waals surface area (Å²) in [5, 5.41) is 26.6. The van der Waals surface area contributed by atoms with Crippen LogP contribution in [0, 0.1) is 0 Å². The van der Waals surface area contributed by atoms with Crippen LogP contribution in [0.2, 0.25) is 18.1 Å². The molecule has 0 aliphatic carbocycles. The number of carbonyl (C=O) groups excluding carboxylic acids is 1. The fraction of sp³-hybridized carbons (Fsp3) is 0.406. The van der Waals surface area contributed by atoms with E-state index in [0.717, 1.165) is 54.7 Å². The molecule has 5 aromatic rings. The molecule has 3 atom stereocenters. The number of aliphatic hydroxyl groups excluding tert-OH is 1. The van der Waals surface area contributed by atoms with Crippen molar-refractivity contribution in [3.05, 3.63) is 59.7 Å². The molecule has 8 rings (SSSR count). The van der Waals surface area contributed by atoms with E-state index in [2.05, 4.69) is 71.8 Å².